The molecule has 0 saturated heterocycles. The normalized spacial score (nSPS) is 11.8. The molecule has 0 unspecified atom stereocenters. The molecule has 0 N–H and O–H groups in total. The Balaban J connectivity index is 0.00000400. The van der Waals surface area contributed by atoms with E-state index in [1.54, 1.807) is 0 Å². The van der Waals surface area contributed by atoms with Crippen LogP contribution in [0.15, 0.2) is 122 Å². The van der Waals surface area contributed by atoms with Gasteiger partial charge >= 0.3 is 17.1 Å². The summed E-state index contributed by atoms with van der Waals surface area (Å²) in [4.78, 5) is 21.4. The van der Waals surface area contributed by atoms with Gasteiger partial charge in [-0.3, -0.25) is 0 Å². The number of nitrogens with zero attached hydrogens (tertiary/aromatic N) is 8. The molecule has 0 atom stereocenters. The average Bonchev–Trinajstić information content (AvgIpc) is 3.99. The summed E-state index contributed by atoms with van der Waals surface area (Å²) in [5.41, 5.74) is 14.7. The van der Waals surface area contributed by atoms with Gasteiger partial charge in [-0.1, -0.05) is 24.3 Å². The Kier molecular flexibility index (Phi) is 8.74. The summed E-state index contributed by atoms with van der Waals surface area (Å²) in [6.45, 7) is 0. The maximum absolute atomic E-state index is 5.35. The fourth-order valence-electron chi connectivity index (χ4n) is 6.94. The summed E-state index contributed by atoms with van der Waals surface area (Å²) in [5, 5.41) is 0. The van der Waals surface area contributed by atoms with Crippen LogP contribution in [0, 0.1) is 0 Å². The number of fused-ring (bicyclic) bond motifs is 8. The monoisotopic (exact) mass is 731 g/mol. The topological polar surface area (TPSA) is 69.5 Å². The molecule has 8 bridgehead atoms. The van der Waals surface area contributed by atoms with Crippen LogP contribution in [0.3, 0.4) is 0 Å². The minimum Gasteiger partial charge on any atom is -0.657 e. The van der Waals surface area contributed by atoms with Crippen LogP contribution in [-0.4, -0.2) is 9.97 Å². The van der Waals surface area contributed by atoms with E-state index in [2.05, 4.69) is 147 Å². The quantitative estimate of drug-likeness (QED) is 0.168. The molecule has 1 radical (unpaired) electrons. The molecule has 8 nitrogen and oxygen atoms in total. The Morgan fingerprint density at radius 2 is 0.547 bits per heavy atom. The first-order valence-corrected chi connectivity index (χ1v) is 17.3. The van der Waals surface area contributed by atoms with Gasteiger partial charge in [0.05, 0.1) is 22.8 Å². The molecule has 9 heteroatoms. The number of pyridine rings is 4. The molecule has 7 aromatic rings. The molecule has 9 heterocycles. The number of aromatic nitrogens is 8. The van der Waals surface area contributed by atoms with Crippen molar-refractivity contribution in [2.45, 2.75) is 0 Å². The summed E-state index contributed by atoms with van der Waals surface area (Å²) in [5.74, 6) is 0. The van der Waals surface area contributed by atoms with E-state index in [1.165, 1.54) is 0 Å². The van der Waals surface area contributed by atoms with E-state index < -0.39 is 0 Å². The molecular weight excluding hydrogens is 695 g/mol. The molecule has 9 rings (SSSR count). The number of aryl methyl sites for hydroxylation is 4. The van der Waals surface area contributed by atoms with Gasteiger partial charge in [0.15, 0.2) is 49.6 Å². The van der Waals surface area contributed by atoms with Crippen molar-refractivity contribution in [2.75, 3.05) is 0 Å². The fourth-order valence-corrected chi connectivity index (χ4v) is 6.94. The van der Waals surface area contributed by atoms with Crippen LogP contribution in [0.1, 0.15) is 22.8 Å². The second kappa shape index (κ2) is 13.7. The van der Waals surface area contributed by atoms with E-state index in [4.69, 9.17) is 19.9 Å². The summed E-state index contributed by atoms with van der Waals surface area (Å²) < 4.78 is 8.14. The predicted molar refractivity (Wildman–Crippen MR) is 203 cm³/mol. The van der Waals surface area contributed by atoms with E-state index in [1.807, 2.05) is 46.5 Å². The third-order valence-corrected chi connectivity index (χ3v) is 9.68. The predicted octanol–water partition coefficient (Wildman–Crippen LogP) is 5.88. The maximum atomic E-state index is 5.35. The van der Waals surface area contributed by atoms with Crippen molar-refractivity contribution in [3.05, 3.63) is 145 Å². The zero-order valence-electron chi connectivity index (χ0n) is 29.8. The van der Waals surface area contributed by atoms with E-state index in [-0.39, 0.29) is 17.1 Å². The minimum absolute atomic E-state index is 0. The van der Waals surface area contributed by atoms with Crippen LogP contribution in [-0.2, 0) is 45.3 Å². The zero-order chi connectivity index (χ0) is 35.3. The molecule has 0 saturated carbocycles. The first-order valence-electron chi connectivity index (χ1n) is 17.3. The minimum atomic E-state index is 0. The van der Waals surface area contributed by atoms with Crippen LogP contribution >= 0.6 is 0 Å². The molecule has 0 aliphatic carbocycles. The third kappa shape index (κ3) is 6.31. The second-order valence-corrected chi connectivity index (χ2v) is 13.4. The summed E-state index contributed by atoms with van der Waals surface area (Å²) in [6.07, 6.45) is 24.9. The van der Waals surface area contributed by atoms with Crippen LogP contribution in [0.25, 0.3) is 90.9 Å². The summed E-state index contributed by atoms with van der Waals surface area (Å²) in [6, 6.07) is 25.4. The van der Waals surface area contributed by atoms with Crippen LogP contribution in [0.2, 0.25) is 0 Å². The SMILES string of the molecule is C[n+]1ccc(-c2c3nc(c(-c4cc[n+](C)cc4)c4ccc([n-]4)c(-c4cc[n+](C)cc4)c4nc(c(-c5cc[n+](C)cc5)c5ccc2[n-]5)C=C4)C=C3)cc1.[Mn+2]. The van der Waals surface area contributed by atoms with E-state index >= 15 is 0 Å². The third-order valence-electron chi connectivity index (χ3n) is 9.68. The largest absolute Gasteiger partial charge is 2.00 e. The van der Waals surface area contributed by atoms with Crippen LogP contribution < -0.4 is 28.2 Å². The van der Waals surface area contributed by atoms with Crippen molar-refractivity contribution in [1.82, 2.24) is 19.9 Å². The smallest absolute Gasteiger partial charge is 0.657 e. The summed E-state index contributed by atoms with van der Waals surface area (Å²) >= 11 is 0. The van der Waals surface area contributed by atoms with Crippen LogP contribution in [0.4, 0.5) is 0 Å². The molecular formula is C44H36MnN8+4. The zero-order valence-corrected chi connectivity index (χ0v) is 31.0. The molecule has 0 amide bonds. The van der Waals surface area contributed by atoms with E-state index in [0.29, 0.717) is 0 Å². The van der Waals surface area contributed by atoms with Crippen molar-refractivity contribution in [3.8, 4) is 44.5 Å². The Labute approximate surface area is 318 Å². The Bertz CT molecular complexity index is 2370. The molecule has 7 aromatic heterocycles. The van der Waals surface area contributed by atoms with Crippen molar-refractivity contribution in [2.24, 2.45) is 28.2 Å². The second-order valence-electron chi connectivity index (χ2n) is 13.4. The number of rotatable bonds is 4. The Morgan fingerprint density at radius 3 is 0.755 bits per heavy atom. The molecule has 2 aliphatic heterocycles. The van der Waals surface area contributed by atoms with Crippen LogP contribution in [0.5, 0.6) is 0 Å². The molecule has 2 aliphatic rings. The van der Waals surface area contributed by atoms with Gasteiger partial charge in [0.1, 0.15) is 28.2 Å². The standard InChI is InChI=1S/C44H36N8.Mn/c1-49-21-13-29(14-22-49)41-33-5-7-35(45-33)42(30-15-23-50(2)24-16-30)37-9-11-39(47-37)44(32-19-27-52(4)28-20-32)40-12-10-38(48-40)43(36-8-6-34(41)46-36)31-17-25-51(3)26-18-31;/h5-28H,1-4H3;/q2*+2. The van der Waals surface area contributed by atoms with Gasteiger partial charge in [0, 0.05) is 48.5 Å². The Hall–Kier alpha value is -6.28. The molecule has 0 spiro atoms. The van der Waals surface area contributed by atoms with Gasteiger partial charge < -0.3 is 9.97 Å². The van der Waals surface area contributed by atoms with Gasteiger partial charge in [0.25, 0.3) is 0 Å². The summed E-state index contributed by atoms with van der Waals surface area (Å²) in [7, 11) is 8.10. The fraction of sp³-hybridized carbons (Fsp3) is 0.0909. The molecule has 255 valence electrons. The molecule has 0 fully saturated rings. The average molecular weight is 732 g/mol. The molecule has 53 heavy (non-hydrogen) atoms. The Morgan fingerprint density at radius 1 is 0.340 bits per heavy atom. The molecule has 0 aromatic carbocycles. The maximum Gasteiger partial charge on any atom is 2.00 e. The van der Waals surface area contributed by atoms with Crippen molar-refractivity contribution in [1.29, 1.82) is 0 Å². The van der Waals surface area contributed by atoms with Crippen molar-refractivity contribution >= 4 is 46.4 Å². The van der Waals surface area contributed by atoms with Gasteiger partial charge in [-0.25, -0.2) is 28.2 Å². The van der Waals surface area contributed by atoms with E-state index in [9.17, 15) is 0 Å². The van der Waals surface area contributed by atoms with Crippen molar-refractivity contribution < 1.29 is 35.3 Å². The van der Waals surface area contributed by atoms with Crippen molar-refractivity contribution in [3.63, 3.8) is 0 Å². The van der Waals surface area contributed by atoms with E-state index in [0.717, 1.165) is 89.4 Å². The van der Waals surface area contributed by atoms with Gasteiger partial charge in [0.2, 0.25) is 0 Å². The van der Waals surface area contributed by atoms with Gasteiger partial charge in [-0.05, 0) is 68.8 Å². The first-order chi connectivity index (χ1) is 25.4. The number of hydrogen-bond donors (Lipinski definition) is 0. The van der Waals surface area contributed by atoms with Gasteiger partial charge in [-0.2, -0.15) is 0 Å². The first kappa shape index (κ1) is 33.8. The van der Waals surface area contributed by atoms with Gasteiger partial charge in [-0.15, -0.1) is 22.1 Å². The number of hydrogen-bond acceptors (Lipinski definition) is 2.